The Hall–Kier alpha value is -2.45. The number of nitrogens with zero attached hydrogens (tertiary/aromatic N) is 1. The number of morpholine rings is 1. The van der Waals surface area contributed by atoms with Crippen molar-refractivity contribution >= 4 is 27.1 Å². The van der Waals surface area contributed by atoms with E-state index in [4.69, 9.17) is 4.74 Å². The predicted molar refractivity (Wildman–Crippen MR) is 112 cm³/mol. The summed E-state index contributed by atoms with van der Waals surface area (Å²) in [6.45, 7) is 5.12. The summed E-state index contributed by atoms with van der Waals surface area (Å²) in [6, 6.07) is 10.9. The number of amides is 1. The van der Waals surface area contributed by atoms with Crippen molar-refractivity contribution in [1.82, 2.24) is 0 Å². The second kappa shape index (κ2) is 8.51. The molecule has 1 aliphatic heterocycles. The Morgan fingerprint density at radius 2 is 1.76 bits per heavy atom. The van der Waals surface area contributed by atoms with Gasteiger partial charge in [-0.15, -0.1) is 0 Å². The summed E-state index contributed by atoms with van der Waals surface area (Å²) in [7, 11) is -3.14. The zero-order valence-electron chi connectivity index (χ0n) is 16.7. The van der Waals surface area contributed by atoms with Crippen LogP contribution in [0, 0.1) is 5.82 Å². The van der Waals surface area contributed by atoms with E-state index in [0.717, 1.165) is 6.26 Å². The summed E-state index contributed by atoms with van der Waals surface area (Å²) in [5.41, 5.74) is 1.80. The molecule has 1 saturated heterocycles. The third-order valence-corrected chi connectivity index (χ3v) is 5.47. The van der Waals surface area contributed by atoms with Crippen molar-refractivity contribution in [2.45, 2.75) is 31.8 Å². The first kappa shape index (κ1) is 21.3. The number of carbonyl (C=O) groups excluding carboxylic acids is 1. The largest absolute Gasteiger partial charge is 0.372 e. The van der Waals surface area contributed by atoms with Crippen molar-refractivity contribution in [3.63, 3.8) is 0 Å². The Morgan fingerprint density at radius 3 is 2.31 bits per heavy atom. The van der Waals surface area contributed by atoms with Gasteiger partial charge in [0, 0.05) is 30.6 Å². The lowest BCUT2D eigenvalue weighted by Crippen LogP contribution is -2.45. The number of sulfone groups is 1. The van der Waals surface area contributed by atoms with Crippen LogP contribution in [0.2, 0.25) is 0 Å². The Bertz CT molecular complexity index is 982. The lowest BCUT2D eigenvalue weighted by molar-refractivity contribution is -0.00539. The molecule has 8 heteroatoms. The van der Waals surface area contributed by atoms with Crippen LogP contribution < -0.4 is 10.2 Å². The Kier molecular flexibility index (Phi) is 6.24. The van der Waals surface area contributed by atoms with Gasteiger partial charge in [-0.1, -0.05) is 12.1 Å². The SMILES string of the molecule is C[C@@H]1CN(c2ccc(NC(=O)c3ccc(CS(C)(=O)=O)cc3)cc2F)C[C@H](C)O1. The molecule has 29 heavy (non-hydrogen) atoms. The van der Waals surface area contributed by atoms with Crippen molar-refractivity contribution in [2.75, 3.05) is 29.6 Å². The highest BCUT2D eigenvalue weighted by Crippen LogP contribution is 2.26. The highest BCUT2D eigenvalue weighted by atomic mass is 32.2. The van der Waals surface area contributed by atoms with E-state index in [1.807, 2.05) is 18.7 Å². The standard InChI is InChI=1S/C21H25FN2O4S/c1-14-11-24(12-15(2)28-14)20-9-8-18(10-19(20)22)23-21(25)17-6-4-16(5-7-17)13-29(3,26)27/h4-10,14-15H,11-13H2,1-3H3,(H,23,25)/t14-,15+. The van der Waals surface area contributed by atoms with Gasteiger partial charge in [-0.2, -0.15) is 0 Å². The summed E-state index contributed by atoms with van der Waals surface area (Å²) in [5.74, 6) is -0.885. The minimum Gasteiger partial charge on any atom is -0.372 e. The third kappa shape index (κ3) is 5.77. The van der Waals surface area contributed by atoms with Crippen LogP contribution in [0.25, 0.3) is 0 Å². The van der Waals surface area contributed by atoms with E-state index in [9.17, 15) is 17.6 Å². The maximum absolute atomic E-state index is 14.7. The number of ether oxygens (including phenoxy) is 1. The van der Waals surface area contributed by atoms with E-state index >= 15 is 0 Å². The van der Waals surface area contributed by atoms with Gasteiger partial charge in [-0.3, -0.25) is 4.79 Å². The highest BCUT2D eigenvalue weighted by molar-refractivity contribution is 7.89. The van der Waals surface area contributed by atoms with Crippen LogP contribution in [0.3, 0.4) is 0 Å². The molecule has 0 saturated carbocycles. The molecular weight excluding hydrogens is 395 g/mol. The molecule has 1 fully saturated rings. The molecule has 2 aromatic rings. The van der Waals surface area contributed by atoms with Crippen LogP contribution in [-0.2, 0) is 20.3 Å². The molecule has 0 aromatic heterocycles. The summed E-state index contributed by atoms with van der Waals surface area (Å²) >= 11 is 0. The van der Waals surface area contributed by atoms with Crippen molar-refractivity contribution in [3.05, 3.63) is 59.4 Å². The molecule has 1 aliphatic rings. The van der Waals surface area contributed by atoms with Gasteiger partial charge in [-0.05, 0) is 49.7 Å². The maximum Gasteiger partial charge on any atom is 0.255 e. The molecule has 0 aliphatic carbocycles. The average Bonchev–Trinajstić information content (AvgIpc) is 2.60. The van der Waals surface area contributed by atoms with E-state index in [2.05, 4.69) is 5.32 Å². The first-order valence-electron chi connectivity index (χ1n) is 9.38. The zero-order valence-corrected chi connectivity index (χ0v) is 17.5. The molecule has 1 amide bonds. The highest BCUT2D eigenvalue weighted by Gasteiger charge is 2.24. The molecule has 2 atom stereocenters. The molecule has 6 nitrogen and oxygen atoms in total. The van der Waals surface area contributed by atoms with Crippen LogP contribution in [0.15, 0.2) is 42.5 Å². The molecule has 0 bridgehead atoms. The Labute approximate surface area is 170 Å². The number of anilines is 2. The predicted octanol–water partition coefficient (Wildman–Crippen LogP) is 3.24. The molecule has 1 heterocycles. The second-order valence-corrected chi connectivity index (χ2v) is 9.69. The number of hydrogen-bond donors (Lipinski definition) is 1. The molecule has 3 rings (SSSR count). The molecule has 0 unspecified atom stereocenters. The van der Waals surface area contributed by atoms with Gasteiger partial charge in [0.05, 0.1) is 23.6 Å². The van der Waals surface area contributed by atoms with E-state index in [1.54, 1.807) is 36.4 Å². The average molecular weight is 421 g/mol. The number of halogens is 1. The lowest BCUT2D eigenvalue weighted by Gasteiger charge is -2.37. The quantitative estimate of drug-likeness (QED) is 0.804. The van der Waals surface area contributed by atoms with Gasteiger partial charge in [0.25, 0.3) is 5.91 Å². The van der Waals surface area contributed by atoms with Crippen LogP contribution in [0.1, 0.15) is 29.8 Å². The van der Waals surface area contributed by atoms with Crippen molar-refractivity contribution in [3.8, 4) is 0 Å². The monoisotopic (exact) mass is 420 g/mol. The number of rotatable bonds is 5. The summed E-state index contributed by atoms with van der Waals surface area (Å²) in [6.07, 6.45) is 1.19. The first-order valence-corrected chi connectivity index (χ1v) is 11.4. The van der Waals surface area contributed by atoms with Gasteiger partial charge >= 0.3 is 0 Å². The van der Waals surface area contributed by atoms with E-state index < -0.39 is 21.6 Å². The number of carbonyl (C=O) groups is 1. The number of nitrogens with one attached hydrogen (secondary N) is 1. The minimum absolute atomic E-state index is 0.0168. The molecule has 1 N–H and O–H groups in total. The molecular formula is C21H25FN2O4S. The van der Waals surface area contributed by atoms with Crippen LogP contribution in [0.5, 0.6) is 0 Å². The summed E-state index contributed by atoms with van der Waals surface area (Å²) in [5, 5.41) is 2.67. The fraction of sp³-hybridized carbons (Fsp3) is 0.381. The second-order valence-electron chi connectivity index (χ2n) is 7.55. The van der Waals surface area contributed by atoms with E-state index in [0.29, 0.717) is 35.6 Å². The Morgan fingerprint density at radius 1 is 1.14 bits per heavy atom. The third-order valence-electron chi connectivity index (χ3n) is 4.61. The maximum atomic E-state index is 14.7. The van der Waals surface area contributed by atoms with E-state index in [1.165, 1.54) is 6.07 Å². The van der Waals surface area contributed by atoms with Crippen LogP contribution in [-0.4, -0.2) is 45.9 Å². The summed E-state index contributed by atoms with van der Waals surface area (Å²) in [4.78, 5) is 14.4. The fourth-order valence-electron chi connectivity index (χ4n) is 3.47. The van der Waals surface area contributed by atoms with Crippen LogP contribution >= 0.6 is 0 Å². The number of hydrogen-bond acceptors (Lipinski definition) is 5. The molecule has 0 radical (unpaired) electrons. The topological polar surface area (TPSA) is 75.7 Å². The van der Waals surface area contributed by atoms with Gasteiger partial charge < -0.3 is 15.0 Å². The van der Waals surface area contributed by atoms with Gasteiger partial charge in [0.2, 0.25) is 0 Å². The van der Waals surface area contributed by atoms with Gasteiger partial charge in [-0.25, -0.2) is 12.8 Å². The van der Waals surface area contributed by atoms with Crippen molar-refractivity contribution in [2.24, 2.45) is 0 Å². The molecule has 2 aromatic carbocycles. The van der Waals surface area contributed by atoms with E-state index in [-0.39, 0.29) is 18.0 Å². The van der Waals surface area contributed by atoms with Crippen molar-refractivity contribution in [1.29, 1.82) is 0 Å². The smallest absolute Gasteiger partial charge is 0.255 e. The number of benzene rings is 2. The van der Waals surface area contributed by atoms with Gasteiger partial charge in [0.1, 0.15) is 5.82 Å². The zero-order chi connectivity index (χ0) is 21.2. The molecule has 0 spiro atoms. The van der Waals surface area contributed by atoms with Crippen molar-refractivity contribution < 1.29 is 22.3 Å². The first-order chi connectivity index (χ1) is 13.6. The summed E-state index contributed by atoms with van der Waals surface area (Å²) < 4.78 is 43.0. The molecule has 156 valence electrons. The Balaban J connectivity index is 1.69. The lowest BCUT2D eigenvalue weighted by atomic mass is 10.1. The minimum atomic E-state index is -3.14. The fourth-order valence-corrected chi connectivity index (χ4v) is 4.27. The van der Waals surface area contributed by atoms with Gasteiger partial charge in [0.15, 0.2) is 9.84 Å². The van der Waals surface area contributed by atoms with Crippen LogP contribution in [0.4, 0.5) is 15.8 Å². The normalized spacial score (nSPS) is 19.8.